The van der Waals surface area contributed by atoms with Gasteiger partial charge in [-0.2, -0.15) is 0 Å². The van der Waals surface area contributed by atoms with Crippen LogP contribution >= 0.6 is 12.2 Å². The number of hydrazine groups is 1. The second-order valence-corrected chi connectivity index (χ2v) is 4.12. The average Bonchev–Trinajstić information content (AvgIpc) is 3.10. The summed E-state index contributed by atoms with van der Waals surface area (Å²) in [5, 5.41) is 2.62. The van der Waals surface area contributed by atoms with Crippen LogP contribution in [0.15, 0.2) is 0 Å². The van der Waals surface area contributed by atoms with Crippen LogP contribution in [0, 0.1) is 5.92 Å². The van der Waals surface area contributed by atoms with E-state index in [1.807, 2.05) is 6.92 Å². The minimum atomic E-state index is -0.235. The first-order chi connectivity index (χ1) is 8.13. The largest absolute Gasteiger partial charge is 0.381 e. The summed E-state index contributed by atoms with van der Waals surface area (Å²) in [6.07, 6.45) is 2.07. The molecule has 0 heterocycles. The Hall–Kier alpha value is -1.21. The molecule has 0 spiro atoms. The average molecular weight is 259 g/mol. The second kappa shape index (κ2) is 7.18. The van der Waals surface area contributed by atoms with Gasteiger partial charge in [0.1, 0.15) is 0 Å². The molecule has 1 aliphatic rings. The Bertz CT molecular complexity index is 305. The lowest BCUT2D eigenvalue weighted by Crippen LogP contribution is -2.49. The van der Waals surface area contributed by atoms with Gasteiger partial charge in [0.05, 0.1) is 13.0 Å². The van der Waals surface area contributed by atoms with Crippen LogP contribution in [0.1, 0.15) is 26.2 Å². The third kappa shape index (κ3) is 6.18. The molecule has 6 nitrogen and oxygen atoms in total. The highest BCUT2D eigenvalue weighted by Crippen LogP contribution is 2.28. The van der Waals surface area contributed by atoms with Gasteiger partial charge >= 0.3 is 0 Å². The number of amides is 2. The molecule has 0 aromatic carbocycles. The van der Waals surface area contributed by atoms with Crippen LogP contribution < -0.4 is 16.2 Å². The zero-order chi connectivity index (χ0) is 12.7. The summed E-state index contributed by atoms with van der Waals surface area (Å²) in [7, 11) is 0. The van der Waals surface area contributed by atoms with E-state index < -0.39 is 0 Å². The van der Waals surface area contributed by atoms with Gasteiger partial charge in [-0.05, 0) is 32.0 Å². The zero-order valence-corrected chi connectivity index (χ0v) is 10.6. The van der Waals surface area contributed by atoms with Gasteiger partial charge in [-0.1, -0.05) is 0 Å². The molecule has 0 radical (unpaired) electrons. The van der Waals surface area contributed by atoms with Gasteiger partial charge in [-0.3, -0.25) is 20.4 Å². The van der Waals surface area contributed by atoms with Crippen LogP contribution in [-0.4, -0.2) is 30.1 Å². The third-order valence-electron chi connectivity index (χ3n) is 2.18. The van der Waals surface area contributed by atoms with Gasteiger partial charge < -0.3 is 10.1 Å². The van der Waals surface area contributed by atoms with Crippen molar-refractivity contribution in [2.24, 2.45) is 5.92 Å². The third-order valence-corrected chi connectivity index (χ3v) is 2.38. The van der Waals surface area contributed by atoms with Gasteiger partial charge in [0.25, 0.3) is 0 Å². The highest BCUT2D eigenvalue weighted by Gasteiger charge is 2.29. The van der Waals surface area contributed by atoms with Crippen LogP contribution in [0.2, 0.25) is 0 Å². The molecule has 0 atom stereocenters. The summed E-state index contributed by atoms with van der Waals surface area (Å²) in [6.45, 7) is 2.81. The molecule has 0 unspecified atom stereocenters. The van der Waals surface area contributed by atoms with Crippen molar-refractivity contribution in [3.63, 3.8) is 0 Å². The van der Waals surface area contributed by atoms with E-state index >= 15 is 0 Å². The molecular formula is C10H17N3O3S. The fraction of sp³-hybridized carbons (Fsp3) is 0.700. The van der Waals surface area contributed by atoms with E-state index in [1.54, 1.807) is 0 Å². The first-order valence-corrected chi connectivity index (χ1v) is 6.01. The fourth-order valence-electron chi connectivity index (χ4n) is 1.09. The smallest absolute Gasteiger partial charge is 0.240 e. The summed E-state index contributed by atoms with van der Waals surface area (Å²) in [5.41, 5.74) is 4.85. The Morgan fingerprint density at radius 3 is 2.65 bits per heavy atom. The van der Waals surface area contributed by atoms with Crippen LogP contribution in [0.25, 0.3) is 0 Å². The predicted octanol–water partition coefficient (Wildman–Crippen LogP) is -0.155. The number of carbonyl (C=O) groups excluding carboxylic acids is 2. The molecule has 3 N–H and O–H groups in total. The van der Waals surface area contributed by atoms with E-state index in [9.17, 15) is 9.59 Å². The quantitative estimate of drug-likeness (QED) is 0.363. The van der Waals surface area contributed by atoms with E-state index in [2.05, 4.69) is 16.2 Å². The van der Waals surface area contributed by atoms with Crippen molar-refractivity contribution in [1.82, 2.24) is 16.2 Å². The lowest BCUT2D eigenvalue weighted by Gasteiger charge is -2.10. The Morgan fingerprint density at radius 2 is 2.06 bits per heavy atom. The lowest BCUT2D eigenvalue weighted by atomic mass is 10.4. The number of nitrogens with one attached hydrogen (secondary N) is 3. The molecule has 0 aromatic heterocycles. The van der Waals surface area contributed by atoms with Crippen molar-refractivity contribution in [3.8, 4) is 0 Å². The number of thiocarbonyl (C=S) groups is 1. The molecule has 1 saturated carbocycles. The van der Waals surface area contributed by atoms with E-state index in [1.165, 1.54) is 0 Å². The van der Waals surface area contributed by atoms with Crippen molar-refractivity contribution < 1.29 is 14.3 Å². The molecule has 2 amide bonds. The van der Waals surface area contributed by atoms with Gasteiger partial charge in [0, 0.05) is 12.5 Å². The highest BCUT2D eigenvalue weighted by molar-refractivity contribution is 7.80. The van der Waals surface area contributed by atoms with Crippen molar-refractivity contribution in [2.75, 3.05) is 13.2 Å². The Kier molecular flexibility index (Phi) is 5.85. The van der Waals surface area contributed by atoms with Gasteiger partial charge in [0.15, 0.2) is 5.11 Å². The number of hydrogen-bond donors (Lipinski definition) is 3. The predicted molar refractivity (Wildman–Crippen MR) is 65.9 cm³/mol. The van der Waals surface area contributed by atoms with Crippen LogP contribution in [0.5, 0.6) is 0 Å². The molecule has 1 aliphatic carbocycles. The SMILES string of the molecule is CCOCCC(=O)NNC(=S)NC(=O)C1CC1. The maximum atomic E-state index is 11.3. The molecule has 0 bridgehead atoms. The summed E-state index contributed by atoms with van der Waals surface area (Å²) in [5.74, 6) is -0.240. The van der Waals surface area contributed by atoms with E-state index in [-0.39, 0.29) is 29.3 Å². The topological polar surface area (TPSA) is 79.5 Å². The lowest BCUT2D eigenvalue weighted by molar-refractivity contribution is -0.123. The van der Waals surface area contributed by atoms with E-state index in [4.69, 9.17) is 17.0 Å². The Labute approximate surface area is 105 Å². The second-order valence-electron chi connectivity index (χ2n) is 3.71. The first-order valence-electron chi connectivity index (χ1n) is 5.61. The summed E-state index contributed by atoms with van der Waals surface area (Å²) in [4.78, 5) is 22.5. The van der Waals surface area contributed by atoms with Gasteiger partial charge in [0.2, 0.25) is 11.8 Å². The molecule has 1 rings (SSSR count). The fourth-order valence-corrected chi connectivity index (χ4v) is 1.24. The summed E-state index contributed by atoms with van der Waals surface area (Å²) < 4.78 is 5.02. The van der Waals surface area contributed by atoms with Crippen molar-refractivity contribution >= 4 is 29.1 Å². The molecule has 1 fully saturated rings. The molecule has 17 heavy (non-hydrogen) atoms. The maximum Gasteiger partial charge on any atom is 0.240 e. The number of hydrogen-bond acceptors (Lipinski definition) is 4. The monoisotopic (exact) mass is 259 g/mol. The molecule has 96 valence electrons. The highest BCUT2D eigenvalue weighted by atomic mass is 32.1. The normalized spacial score (nSPS) is 13.9. The molecule has 7 heteroatoms. The van der Waals surface area contributed by atoms with Crippen LogP contribution in [0.3, 0.4) is 0 Å². The molecule has 0 aliphatic heterocycles. The van der Waals surface area contributed by atoms with Gasteiger partial charge in [-0.25, -0.2) is 0 Å². The van der Waals surface area contributed by atoms with E-state index in [0.717, 1.165) is 12.8 Å². The number of carbonyl (C=O) groups is 2. The summed E-state index contributed by atoms with van der Waals surface area (Å²) in [6, 6.07) is 0. The molecule has 0 saturated heterocycles. The number of ether oxygens (including phenoxy) is 1. The Balaban J connectivity index is 2.05. The van der Waals surface area contributed by atoms with Crippen molar-refractivity contribution in [2.45, 2.75) is 26.2 Å². The van der Waals surface area contributed by atoms with Crippen LogP contribution in [-0.2, 0) is 14.3 Å². The zero-order valence-electron chi connectivity index (χ0n) is 9.75. The summed E-state index contributed by atoms with van der Waals surface area (Å²) >= 11 is 4.84. The molecular weight excluding hydrogens is 242 g/mol. The standard InChI is InChI=1S/C10H17N3O3S/c1-2-16-6-5-8(14)12-13-10(17)11-9(15)7-3-4-7/h7H,2-6H2,1H3,(H,12,14)(H2,11,13,15,17). The molecule has 0 aromatic rings. The van der Waals surface area contributed by atoms with Crippen molar-refractivity contribution in [1.29, 1.82) is 0 Å². The van der Waals surface area contributed by atoms with E-state index in [0.29, 0.717) is 13.2 Å². The minimum Gasteiger partial charge on any atom is -0.381 e. The van der Waals surface area contributed by atoms with Gasteiger partial charge in [-0.15, -0.1) is 0 Å². The van der Waals surface area contributed by atoms with Crippen LogP contribution in [0.4, 0.5) is 0 Å². The Morgan fingerprint density at radius 1 is 1.35 bits per heavy atom. The number of rotatable bonds is 5. The van der Waals surface area contributed by atoms with Crippen molar-refractivity contribution in [3.05, 3.63) is 0 Å². The minimum absolute atomic E-state index is 0.0865. The first kappa shape index (κ1) is 13.9. The maximum absolute atomic E-state index is 11.3.